The number of nitrogens with one attached hydrogen (secondary N) is 1. The van der Waals surface area contributed by atoms with E-state index in [0.717, 1.165) is 16.8 Å². The maximum Gasteiger partial charge on any atom is 0.416 e. The van der Waals surface area contributed by atoms with Gasteiger partial charge in [-0.25, -0.2) is 8.78 Å². The highest BCUT2D eigenvalue weighted by Crippen LogP contribution is 2.30. The van der Waals surface area contributed by atoms with Crippen LogP contribution in [-0.2, 0) is 24.1 Å². The van der Waals surface area contributed by atoms with Gasteiger partial charge in [0.25, 0.3) is 6.43 Å². The van der Waals surface area contributed by atoms with Gasteiger partial charge in [-0.05, 0) is 24.6 Å². The fraction of sp³-hybridized carbons (Fsp3) is 0.278. The Balaban J connectivity index is 1.65. The Hall–Kier alpha value is -2.95. The first-order valence-electron chi connectivity index (χ1n) is 8.54. The standard InChI is InChI=1S/C18H15ClF5N5O/c1-10-15(19)16(17(20)21)27-29(10)9-14(30)26-13-6-25-28(8-13)7-11-3-2-4-12(5-11)18(22,23)24/h2-6,8,17H,7,9H2,1H3,(H,26,30). The van der Waals surface area contributed by atoms with Crippen molar-refractivity contribution in [3.63, 3.8) is 0 Å². The molecule has 0 saturated carbocycles. The van der Waals surface area contributed by atoms with Crippen molar-refractivity contribution in [2.24, 2.45) is 0 Å². The molecular formula is C18H15ClF5N5O. The Morgan fingerprint density at radius 3 is 2.67 bits per heavy atom. The number of benzene rings is 1. The van der Waals surface area contributed by atoms with Crippen molar-refractivity contribution < 1.29 is 26.7 Å². The number of rotatable bonds is 6. The second kappa shape index (κ2) is 8.42. The highest BCUT2D eigenvalue weighted by molar-refractivity contribution is 6.31. The number of halogens is 6. The number of hydrogen-bond acceptors (Lipinski definition) is 3. The molecule has 1 amide bonds. The van der Waals surface area contributed by atoms with E-state index < -0.39 is 29.8 Å². The van der Waals surface area contributed by atoms with Crippen molar-refractivity contribution >= 4 is 23.2 Å². The van der Waals surface area contributed by atoms with E-state index in [9.17, 15) is 26.7 Å². The van der Waals surface area contributed by atoms with Crippen LogP contribution >= 0.6 is 11.6 Å². The van der Waals surface area contributed by atoms with Gasteiger partial charge in [-0.15, -0.1) is 0 Å². The van der Waals surface area contributed by atoms with Gasteiger partial charge in [-0.3, -0.25) is 14.2 Å². The molecule has 0 aliphatic rings. The van der Waals surface area contributed by atoms with Gasteiger partial charge in [-0.1, -0.05) is 23.7 Å². The van der Waals surface area contributed by atoms with Gasteiger partial charge < -0.3 is 5.32 Å². The van der Waals surface area contributed by atoms with Gasteiger partial charge in [-0.2, -0.15) is 23.4 Å². The molecule has 0 atom stereocenters. The summed E-state index contributed by atoms with van der Waals surface area (Å²) in [6.07, 6.45) is -4.56. The maximum atomic E-state index is 12.8. The lowest BCUT2D eigenvalue weighted by Gasteiger charge is -2.08. The van der Waals surface area contributed by atoms with E-state index in [0.29, 0.717) is 5.56 Å². The van der Waals surface area contributed by atoms with Crippen molar-refractivity contribution in [2.75, 3.05) is 5.32 Å². The molecule has 1 aromatic carbocycles. The summed E-state index contributed by atoms with van der Waals surface area (Å²) in [5.41, 5.74) is -0.473. The van der Waals surface area contributed by atoms with Crippen LogP contribution in [0, 0.1) is 6.92 Å². The van der Waals surface area contributed by atoms with Crippen molar-refractivity contribution in [3.8, 4) is 0 Å². The fourth-order valence-electron chi connectivity index (χ4n) is 2.73. The lowest BCUT2D eigenvalue weighted by molar-refractivity contribution is -0.137. The van der Waals surface area contributed by atoms with Crippen LogP contribution in [0.2, 0.25) is 5.02 Å². The van der Waals surface area contributed by atoms with Crippen molar-refractivity contribution in [1.82, 2.24) is 19.6 Å². The normalized spacial score (nSPS) is 11.9. The number of amides is 1. The van der Waals surface area contributed by atoms with Crippen LogP contribution in [0.25, 0.3) is 0 Å². The summed E-state index contributed by atoms with van der Waals surface area (Å²) in [5.74, 6) is -0.559. The smallest absolute Gasteiger partial charge is 0.322 e. The monoisotopic (exact) mass is 447 g/mol. The molecule has 0 aliphatic heterocycles. The zero-order chi connectivity index (χ0) is 22.1. The van der Waals surface area contributed by atoms with Crippen LogP contribution in [-0.4, -0.2) is 25.5 Å². The third kappa shape index (κ3) is 4.96. The summed E-state index contributed by atoms with van der Waals surface area (Å²) >= 11 is 5.79. The van der Waals surface area contributed by atoms with Gasteiger partial charge >= 0.3 is 6.18 Å². The molecular weight excluding hydrogens is 433 g/mol. The minimum Gasteiger partial charge on any atom is -0.322 e. The third-order valence-corrected chi connectivity index (χ3v) is 4.64. The zero-order valence-electron chi connectivity index (χ0n) is 15.4. The number of carbonyl (C=O) groups excluding carboxylic acids is 1. The van der Waals surface area contributed by atoms with Crippen LogP contribution in [0.15, 0.2) is 36.7 Å². The summed E-state index contributed by atoms with van der Waals surface area (Å²) in [4.78, 5) is 12.2. The minimum atomic E-state index is -4.45. The summed E-state index contributed by atoms with van der Waals surface area (Å²) in [5, 5.41) is 9.96. The first kappa shape index (κ1) is 21.8. The van der Waals surface area contributed by atoms with Crippen molar-refractivity contribution in [3.05, 3.63) is 64.2 Å². The molecule has 2 aromatic heterocycles. The molecule has 12 heteroatoms. The van der Waals surface area contributed by atoms with Crippen LogP contribution in [0.5, 0.6) is 0 Å². The van der Waals surface area contributed by atoms with Gasteiger partial charge in [0.15, 0.2) is 0 Å². The second-order valence-corrected chi connectivity index (χ2v) is 6.79. The van der Waals surface area contributed by atoms with Gasteiger partial charge in [0.05, 0.1) is 34.7 Å². The van der Waals surface area contributed by atoms with Gasteiger partial charge in [0.1, 0.15) is 12.2 Å². The number of nitrogens with zero attached hydrogens (tertiary/aromatic N) is 4. The van der Waals surface area contributed by atoms with Crippen LogP contribution in [0.4, 0.5) is 27.6 Å². The first-order valence-corrected chi connectivity index (χ1v) is 8.92. The lowest BCUT2D eigenvalue weighted by atomic mass is 10.1. The van der Waals surface area contributed by atoms with E-state index in [1.165, 1.54) is 36.1 Å². The molecule has 0 radical (unpaired) electrons. The molecule has 1 N–H and O–H groups in total. The average Bonchev–Trinajstić information content (AvgIpc) is 3.20. The quantitative estimate of drug-likeness (QED) is 0.558. The Labute approximate surface area is 172 Å². The summed E-state index contributed by atoms with van der Waals surface area (Å²) in [6, 6.07) is 4.82. The number of carbonyl (C=O) groups is 1. The molecule has 0 bridgehead atoms. The van der Waals surface area contributed by atoms with E-state index in [1.807, 2.05) is 0 Å². The molecule has 0 aliphatic carbocycles. The average molecular weight is 448 g/mol. The predicted octanol–water partition coefficient (Wildman–Crippen LogP) is 4.68. The Morgan fingerprint density at radius 1 is 1.30 bits per heavy atom. The zero-order valence-corrected chi connectivity index (χ0v) is 16.2. The van der Waals surface area contributed by atoms with E-state index >= 15 is 0 Å². The molecule has 3 rings (SSSR count). The first-order chi connectivity index (χ1) is 14.0. The van der Waals surface area contributed by atoms with E-state index in [-0.39, 0.29) is 29.5 Å². The summed E-state index contributed by atoms with van der Waals surface area (Å²) in [7, 11) is 0. The molecule has 0 fully saturated rings. The largest absolute Gasteiger partial charge is 0.416 e. The van der Waals surface area contributed by atoms with Crippen LogP contribution < -0.4 is 5.32 Å². The Morgan fingerprint density at radius 2 is 2.03 bits per heavy atom. The Kier molecular flexibility index (Phi) is 6.11. The van der Waals surface area contributed by atoms with E-state index in [4.69, 9.17) is 11.6 Å². The molecule has 3 aromatic rings. The topological polar surface area (TPSA) is 64.7 Å². The minimum absolute atomic E-state index is 0.0609. The summed E-state index contributed by atoms with van der Waals surface area (Å²) in [6.45, 7) is 1.17. The number of aromatic nitrogens is 4. The molecule has 2 heterocycles. The lowest BCUT2D eigenvalue weighted by Crippen LogP contribution is -2.20. The molecule has 30 heavy (non-hydrogen) atoms. The number of anilines is 1. The molecule has 160 valence electrons. The third-order valence-electron chi connectivity index (χ3n) is 4.17. The van der Waals surface area contributed by atoms with Crippen LogP contribution in [0.1, 0.15) is 28.9 Å². The molecule has 0 unspecified atom stereocenters. The predicted molar refractivity (Wildman–Crippen MR) is 98.3 cm³/mol. The van der Waals surface area contributed by atoms with Crippen molar-refractivity contribution in [1.29, 1.82) is 0 Å². The van der Waals surface area contributed by atoms with E-state index in [1.54, 1.807) is 0 Å². The number of hydrogen-bond donors (Lipinski definition) is 1. The van der Waals surface area contributed by atoms with Gasteiger partial charge in [0, 0.05) is 6.20 Å². The van der Waals surface area contributed by atoms with Crippen LogP contribution in [0.3, 0.4) is 0 Å². The molecule has 0 saturated heterocycles. The second-order valence-electron chi connectivity index (χ2n) is 6.42. The SMILES string of the molecule is Cc1c(Cl)c(C(F)F)nn1CC(=O)Nc1cnn(Cc2cccc(C(F)(F)F)c2)c1. The number of alkyl halides is 5. The molecule has 0 spiro atoms. The Bertz CT molecular complexity index is 1060. The van der Waals surface area contributed by atoms with Crippen molar-refractivity contribution in [2.45, 2.75) is 32.6 Å². The molecule has 6 nitrogen and oxygen atoms in total. The van der Waals surface area contributed by atoms with Gasteiger partial charge in [0.2, 0.25) is 5.91 Å². The summed E-state index contributed by atoms with van der Waals surface area (Å²) < 4.78 is 66.5. The van der Waals surface area contributed by atoms with E-state index in [2.05, 4.69) is 15.5 Å². The highest BCUT2D eigenvalue weighted by atomic mass is 35.5. The maximum absolute atomic E-state index is 12.8. The fourth-order valence-corrected chi connectivity index (χ4v) is 2.94. The highest BCUT2D eigenvalue weighted by Gasteiger charge is 2.30.